The van der Waals surface area contributed by atoms with Gasteiger partial charge in [0.15, 0.2) is 5.15 Å². The lowest BCUT2D eigenvalue weighted by molar-refractivity contribution is 0.395. The maximum Gasteiger partial charge on any atom is 0.297 e. The van der Waals surface area contributed by atoms with Gasteiger partial charge in [0, 0.05) is 6.04 Å². The Hall–Kier alpha value is -1.03. The molecule has 0 N–H and O–H groups in total. The second-order valence-corrected chi connectivity index (χ2v) is 3.23. The van der Waals surface area contributed by atoms with Crippen LogP contribution in [0.5, 0.6) is 5.75 Å². The van der Waals surface area contributed by atoms with Gasteiger partial charge in [0.25, 0.3) is 5.56 Å². The minimum absolute atomic E-state index is 0.0474. The summed E-state index contributed by atoms with van der Waals surface area (Å²) in [7, 11) is 1.40. The van der Waals surface area contributed by atoms with Crippen LogP contribution in [0.25, 0.3) is 0 Å². The molecule has 5 heteroatoms. The maximum atomic E-state index is 11.6. The van der Waals surface area contributed by atoms with E-state index in [1.54, 1.807) is 0 Å². The van der Waals surface area contributed by atoms with Crippen LogP contribution < -0.4 is 10.3 Å². The molecule has 0 aliphatic rings. The fraction of sp³-hybridized carbons (Fsp3) is 0.500. The van der Waals surface area contributed by atoms with Crippen molar-refractivity contribution in [3.8, 4) is 5.75 Å². The van der Waals surface area contributed by atoms with Crippen molar-refractivity contribution in [1.82, 2.24) is 9.55 Å². The van der Waals surface area contributed by atoms with E-state index in [0.29, 0.717) is 0 Å². The Kier molecular flexibility index (Phi) is 2.93. The number of halogens is 1. The average molecular weight is 203 g/mol. The summed E-state index contributed by atoms with van der Waals surface area (Å²) in [6.45, 7) is 3.77. The first-order valence-electron chi connectivity index (χ1n) is 3.88. The number of hydrogen-bond donors (Lipinski definition) is 0. The number of ether oxygens (including phenoxy) is 1. The summed E-state index contributed by atoms with van der Waals surface area (Å²) < 4.78 is 6.30. The van der Waals surface area contributed by atoms with E-state index in [-0.39, 0.29) is 22.5 Å². The Balaban J connectivity index is 3.37. The third-order valence-corrected chi connectivity index (χ3v) is 1.94. The third kappa shape index (κ3) is 1.83. The lowest BCUT2D eigenvalue weighted by atomic mass is 10.4. The monoisotopic (exact) mass is 202 g/mol. The molecule has 1 rings (SSSR count). The standard InChI is InChI=1S/C8H11ClN2O2/c1-5(2)11-4-10-7(9)6(13-3)8(11)12/h4-5H,1-3H3. The molecule has 4 nitrogen and oxygen atoms in total. The molecule has 0 unspecified atom stereocenters. The molecule has 0 aliphatic heterocycles. The quantitative estimate of drug-likeness (QED) is 0.683. The van der Waals surface area contributed by atoms with Gasteiger partial charge in [-0.1, -0.05) is 11.6 Å². The SMILES string of the molecule is COc1c(Cl)ncn(C(C)C)c1=O. The smallest absolute Gasteiger partial charge is 0.297 e. The summed E-state index contributed by atoms with van der Waals surface area (Å²) in [5, 5.41) is 0.101. The predicted molar refractivity (Wildman–Crippen MR) is 50.4 cm³/mol. The number of rotatable bonds is 2. The highest BCUT2D eigenvalue weighted by Crippen LogP contribution is 2.15. The van der Waals surface area contributed by atoms with Crippen LogP contribution in [0.1, 0.15) is 19.9 Å². The second-order valence-electron chi connectivity index (χ2n) is 2.87. The van der Waals surface area contributed by atoms with Crippen molar-refractivity contribution >= 4 is 11.6 Å². The normalized spacial score (nSPS) is 10.5. The number of nitrogens with zero attached hydrogens (tertiary/aromatic N) is 2. The summed E-state index contributed by atoms with van der Waals surface area (Å²) in [6, 6.07) is 0.0474. The molecule has 0 aliphatic carbocycles. The molecule has 72 valence electrons. The van der Waals surface area contributed by atoms with Crippen molar-refractivity contribution in [2.75, 3.05) is 7.11 Å². The van der Waals surface area contributed by atoms with E-state index in [2.05, 4.69) is 4.98 Å². The van der Waals surface area contributed by atoms with E-state index in [1.165, 1.54) is 18.0 Å². The molecule has 0 amide bonds. The summed E-state index contributed by atoms with van der Waals surface area (Å²) in [5.41, 5.74) is -0.252. The highest BCUT2D eigenvalue weighted by molar-refractivity contribution is 6.30. The zero-order valence-corrected chi connectivity index (χ0v) is 8.50. The first-order chi connectivity index (χ1) is 6.07. The summed E-state index contributed by atoms with van der Waals surface area (Å²) in [4.78, 5) is 15.4. The highest BCUT2D eigenvalue weighted by Gasteiger charge is 2.11. The van der Waals surface area contributed by atoms with Gasteiger partial charge in [0.1, 0.15) is 0 Å². The average Bonchev–Trinajstić information content (AvgIpc) is 2.04. The first-order valence-corrected chi connectivity index (χ1v) is 4.26. The Bertz CT molecular complexity index is 360. The van der Waals surface area contributed by atoms with Crippen LogP contribution in [0.2, 0.25) is 5.15 Å². The largest absolute Gasteiger partial charge is 0.489 e. The predicted octanol–water partition coefficient (Wildman–Crippen LogP) is 1.49. The van der Waals surface area contributed by atoms with E-state index in [9.17, 15) is 4.79 Å². The Labute approximate surface area is 81.1 Å². The molecule has 0 saturated carbocycles. The summed E-state index contributed by atoms with van der Waals surface area (Å²) in [6.07, 6.45) is 1.41. The molecule has 1 heterocycles. The van der Waals surface area contributed by atoms with Crippen molar-refractivity contribution in [3.63, 3.8) is 0 Å². The molecule has 0 atom stereocenters. The van der Waals surface area contributed by atoms with E-state index >= 15 is 0 Å². The Morgan fingerprint density at radius 1 is 1.62 bits per heavy atom. The molecule has 0 radical (unpaired) electrons. The van der Waals surface area contributed by atoms with Gasteiger partial charge >= 0.3 is 0 Å². The summed E-state index contributed by atoms with van der Waals surface area (Å²) in [5.74, 6) is 0.0952. The molecular weight excluding hydrogens is 192 g/mol. The Morgan fingerprint density at radius 3 is 2.69 bits per heavy atom. The third-order valence-electron chi connectivity index (χ3n) is 1.67. The molecule has 0 bridgehead atoms. The van der Waals surface area contributed by atoms with Crippen LogP contribution in [0.3, 0.4) is 0 Å². The molecule has 0 spiro atoms. The molecule has 13 heavy (non-hydrogen) atoms. The lowest BCUT2D eigenvalue weighted by Crippen LogP contribution is -2.23. The van der Waals surface area contributed by atoms with Crippen molar-refractivity contribution in [2.45, 2.75) is 19.9 Å². The molecule has 0 fully saturated rings. The van der Waals surface area contributed by atoms with Gasteiger partial charge in [-0.25, -0.2) is 4.98 Å². The van der Waals surface area contributed by atoms with E-state index in [1.807, 2.05) is 13.8 Å². The van der Waals surface area contributed by atoms with Gasteiger partial charge in [-0.2, -0.15) is 0 Å². The van der Waals surface area contributed by atoms with E-state index in [4.69, 9.17) is 16.3 Å². The molecular formula is C8H11ClN2O2. The van der Waals surface area contributed by atoms with E-state index in [0.717, 1.165) is 0 Å². The second kappa shape index (κ2) is 3.79. The molecule has 0 saturated heterocycles. The summed E-state index contributed by atoms with van der Waals surface area (Å²) >= 11 is 5.66. The lowest BCUT2D eigenvalue weighted by Gasteiger charge is -2.10. The highest BCUT2D eigenvalue weighted by atomic mass is 35.5. The number of methoxy groups -OCH3 is 1. The zero-order chi connectivity index (χ0) is 10.0. The zero-order valence-electron chi connectivity index (χ0n) is 7.74. The van der Waals surface area contributed by atoms with Crippen LogP contribution in [-0.2, 0) is 0 Å². The van der Waals surface area contributed by atoms with E-state index < -0.39 is 0 Å². The maximum absolute atomic E-state index is 11.6. The van der Waals surface area contributed by atoms with Gasteiger partial charge in [-0.05, 0) is 13.8 Å². The fourth-order valence-electron chi connectivity index (χ4n) is 0.969. The van der Waals surface area contributed by atoms with Gasteiger partial charge in [-0.15, -0.1) is 0 Å². The van der Waals surface area contributed by atoms with Crippen molar-refractivity contribution in [2.24, 2.45) is 0 Å². The number of aromatic nitrogens is 2. The van der Waals surface area contributed by atoms with Gasteiger partial charge in [-0.3, -0.25) is 9.36 Å². The molecule has 0 aromatic carbocycles. The van der Waals surface area contributed by atoms with Crippen LogP contribution >= 0.6 is 11.6 Å². The van der Waals surface area contributed by atoms with Crippen molar-refractivity contribution in [1.29, 1.82) is 0 Å². The minimum atomic E-state index is -0.252. The Morgan fingerprint density at radius 2 is 2.23 bits per heavy atom. The van der Waals surface area contributed by atoms with Crippen LogP contribution in [0.4, 0.5) is 0 Å². The van der Waals surface area contributed by atoms with Crippen molar-refractivity contribution in [3.05, 3.63) is 21.8 Å². The fourth-order valence-corrected chi connectivity index (χ4v) is 1.17. The van der Waals surface area contributed by atoms with Gasteiger partial charge in [0.05, 0.1) is 13.4 Å². The van der Waals surface area contributed by atoms with Crippen LogP contribution in [0, 0.1) is 0 Å². The minimum Gasteiger partial charge on any atom is -0.489 e. The van der Waals surface area contributed by atoms with Gasteiger partial charge < -0.3 is 4.74 Å². The number of hydrogen-bond acceptors (Lipinski definition) is 3. The van der Waals surface area contributed by atoms with Gasteiger partial charge in [0.2, 0.25) is 5.75 Å². The topological polar surface area (TPSA) is 44.1 Å². The van der Waals surface area contributed by atoms with Crippen LogP contribution in [-0.4, -0.2) is 16.7 Å². The van der Waals surface area contributed by atoms with Crippen molar-refractivity contribution < 1.29 is 4.74 Å². The molecule has 1 aromatic heterocycles. The van der Waals surface area contributed by atoms with Crippen LogP contribution in [0.15, 0.2) is 11.1 Å². The first kappa shape index (κ1) is 10.1. The molecule has 1 aromatic rings.